The van der Waals surface area contributed by atoms with Crippen LogP contribution in [-0.4, -0.2) is 73.4 Å². The molecule has 1 spiro atoms. The Kier molecular flexibility index (Phi) is 9.34. The zero-order chi connectivity index (χ0) is 33.5. The van der Waals surface area contributed by atoms with Crippen LogP contribution in [0, 0.1) is 5.92 Å². The van der Waals surface area contributed by atoms with Gasteiger partial charge in [-0.3, -0.25) is 14.5 Å². The summed E-state index contributed by atoms with van der Waals surface area (Å²) < 4.78 is 12.7. The van der Waals surface area contributed by atoms with E-state index in [4.69, 9.17) is 9.47 Å². The predicted octanol–water partition coefficient (Wildman–Crippen LogP) is 5.16. The number of benzene rings is 3. The number of amides is 3. The maximum atomic E-state index is 14.7. The third kappa shape index (κ3) is 6.25. The number of rotatable bonds is 10. The lowest BCUT2D eigenvalue weighted by atomic mass is 9.82. The molecule has 0 bridgehead atoms. The van der Waals surface area contributed by atoms with Crippen LogP contribution in [0.4, 0.5) is 16.2 Å². The second-order valence-corrected chi connectivity index (χ2v) is 18.0. The number of nitrogens with zero attached hydrogens (tertiary/aromatic N) is 3. The van der Waals surface area contributed by atoms with E-state index in [0.717, 1.165) is 21.3 Å². The first-order chi connectivity index (χ1) is 22.4. The highest BCUT2D eigenvalue weighted by atomic mass is 79.9. The van der Waals surface area contributed by atoms with Gasteiger partial charge in [0.05, 0.1) is 37.9 Å². The lowest BCUT2D eigenvalue weighted by molar-refractivity contribution is -0.150. The van der Waals surface area contributed by atoms with Gasteiger partial charge < -0.3 is 29.2 Å². The molecule has 3 amide bonds. The van der Waals surface area contributed by atoms with Crippen molar-refractivity contribution in [2.24, 2.45) is 5.92 Å². The standard InChI is InChI=1S/C35H40BrN3O7Si/c1-23-32(47(2,3)44)30(20-31(41)37(15-17-40)21-24-7-5-4-6-8-24)46-35(23)28-19-26(36)11-14-29(28)39(33(35)42)22-25-9-12-27(13-10-25)38-16-18-45-34(38)43/h4-14,19,23,30,32,40,44H,15-18,20-22H2,1-3H3/t23-,30+,32-,35+/m1/s1. The minimum Gasteiger partial charge on any atom is -0.447 e. The molecule has 2 saturated heterocycles. The van der Waals surface area contributed by atoms with Crippen molar-refractivity contribution in [3.05, 3.63) is 94.0 Å². The maximum absolute atomic E-state index is 14.7. The molecule has 248 valence electrons. The smallest absolute Gasteiger partial charge is 0.414 e. The molecular weight excluding hydrogens is 682 g/mol. The van der Waals surface area contributed by atoms with Crippen LogP contribution >= 0.6 is 15.9 Å². The minimum absolute atomic E-state index is 0.0302. The summed E-state index contributed by atoms with van der Waals surface area (Å²) in [7, 11) is -2.99. The van der Waals surface area contributed by atoms with Gasteiger partial charge in [-0.15, -0.1) is 0 Å². The fourth-order valence-electron chi connectivity index (χ4n) is 7.52. The van der Waals surface area contributed by atoms with Crippen molar-refractivity contribution >= 4 is 53.5 Å². The Morgan fingerprint density at radius 1 is 1.06 bits per heavy atom. The zero-order valence-corrected chi connectivity index (χ0v) is 29.4. The highest BCUT2D eigenvalue weighted by Crippen LogP contribution is 2.60. The summed E-state index contributed by atoms with van der Waals surface area (Å²) in [5.41, 5.74) is 2.13. The Labute approximate surface area is 284 Å². The molecule has 3 aliphatic heterocycles. The fourth-order valence-corrected chi connectivity index (χ4v) is 10.4. The van der Waals surface area contributed by atoms with Crippen LogP contribution in [0.25, 0.3) is 0 Å². The Balaban J connectivity index is 1.31. The lowest BCUT2D eigenvalue weighted by Crippen LogP contribution is -2.46. The van der Waals surface area contributed by atoms with Crippen molar-refractivity contribution in [1.82, 2.24) is 4.90 Å². The van der Waals surface area contributed by atoms with Crippen LogP contribution < -0.4 is 9.80 Å². The van der Waals surface area contributed by atoms with Gasteiger partial charge in [0.25, 0.3) is 5.91 Å². The molecule has 4 atom stereocenters. The number of carbonyl (C=O) groups is 3. The molecule has 3 aliphatic rings. The third-order valence-corrected chi connectivity index (χ3v) is 12.6. The Bertz CT molecular complexity index is 1650. The second-order valence-electron chi connectivity index (χ2n) is 13.1. The largest absolute Gasteiger partial charge is 0.447 e. The van der Waals surface area contributed by atoms with Gasteiger partial charge in [-0.1, -0.05) is 65.3 Å². The number of carbonyl (C=O) groups excluding carboxylic acids is 3. The van der Waals surface area contributed by atoms with Crippen molar-refractivity contribution in [3.8, 4) is 0 Å². The number of fused-ring (bicyclic) bond motifs is 2. The first kappa shape index (κ1) is 33.4. The summed E-state index contributed by atoms with van der Waals surface area (Å²) in [6.07, 6.45) is -1.12. The van der Waals surface area contributed by atoms with Gasteiger partial charge in [-0.25, -0.2) is 4.79 Å². The molecule has 0 unspecified atom stereocenters. The van der Waals surface area contributed by atoms with E-state index in [1.54, 1.807) is 14.7 Å². The van der Waals surface area contributed by atoms with Gasteiger partial charge in [-0.2, -0.15) is 0 Å². The number of aliphatic hydroxyl groups is 1. The van der Waals surface area contributed by atoms with Crippen molar-refractivity contribution in [3.63, 3.8) is 0 Å². The first-order valence-electron chi connectivity index (χ1n) is 15.9. The quantitative estimate of drug-likeness (QED) is 0.278. The summed E-state index contributed by atoms with van der Waals surface area (Å²) in [6.45, 7) is 7.03. The molecule has 0 aliphatic carbocycles. The topological polar surface area (TPSA) is 120 Å². The van der Waals surface area contributed by atoms with Crippen molar-refractivity contribution in [1.29, 1.82) is 0 Å². The number of hydrogen-bond acceptors (Lipinski definition) is 7. The van der Waals surface area contributed by atoms with E-state index in [2.05, 4.69) is 15.9 Å². The Morgan fingerprint density at radius 2 is 1.79 bits per heavy atom. The SMILES string of the molecule is C[C@@H]1[C@@H]([Si](C)(C)O)[C@H](CC(=O)N(CCO)Cc2ccccc2)O[C@@]12C(=O)N(Cc1ccc(N3CCOC3=O)cc1)c1ccc(Br)cc12. The Morgan fingerprint density at radius 3 is 2.43 bits per heavy atom. The van der Waals surface area contributed by atoms with Crippen molar-refractivity contribution in [2.75, 3.05) is 36.1 Å². The van der Waals surface area contributed by atoms with E-state index in [1.165, 1.54) is 0 Å². The summed E-state index contributed by atoms with van der Waals surface area (Å²) in [5.74, 6) is -0.874. The zero-order valence-electron chi connectivity index (χ0n) is 26.8. The van der Waals surface area contributed by atoms with Crippen LogP contribution in [0.2, 0.25) is 18.6 Å². The lowest BCUT2D eigenvalue weighted by Gasteiger charge is -2.32. The summed E-state index contributed by atoms with van der Waals surface area (Å²) in [4.78, 5) is 57.2. The van der Waals surface area contributed by atoms with Crippen LogP contribution in [-0.2, 0) is 37.8 Å². The van der Waals surface area contributed by atoms with Crippen LogP contribution in [0.1, 0.15) is 30.0 Å². The predicted molar refractivity (Wildman–Crippen MR) is 183 cm³/mol. The molecular formula is C35H40BrN3O7Si. The molecule has 10 nitrogen and oxygen atoms in total. The van der Waals surface area contributed by atoms with E-state index < -0.39 is 31.5 Å². The number of ether oxygens (including phenoxy) is 2. The highest BCUT2D eigenvalue weighted by Gasteiger charge is 2.66. The third-order valence-electron chi connectivity index (χ3n) is 9.61. The molecule has 47 heavy (non-hydrogen) atoms. The van der Waals surface area contributed by atoms with Crippen LogP contribution in [0.5, 0.6) is 0 Å². The highest BCUT2D eigenvalue weighted by molar-refractivity contribution is 9.10. The number of aliphatic hydroxyl groups excluding tert-OH is 1. The van der Waals surface area contributed by atoms with Crippen molar-refractivity contribution in [2.45, 2.75) is 56.8 Å². The molecule has 2 N–H and O–H groups in total. The van der Waals surface area contributed by atoms with E-state index in [-0.39, 0.29) is 44.0 Å². The maximum Gasteiger partial charge on any atom is 0.414 e. The normalized spacial score (nSPS) is 23.8. The molecule has 2 fully saturated rings. The monoisotopic (exact) mass is 721 g/mol. The molecule has 0 saturated carbocycles. The first-order valence-corrected chi connectivity index (χ1v) is 19.7. The van der Waals surface area contributed by atoms with Crippen molar-refractivity contribution < 1.29 is 33.8 Å². The number of hydrogen-bond donors (Lipinski definition) is 2. The fraction of sp³-hybridized carbons (Fsp3) is 0.400. The second kappa shape index (κ2) is 13.2. The summed E-state index contributed by atoms with van der Waals surface area (Å²) in [5, 5.41) is 9.78. The van der Waals surface area contributed by atoms with Gasteiger partial charge in [0.1, 0.15) is 6.61 Å². The van der Waals surface area contributed by atoms with E-state index in [1.807, 2.05) is 92.8 Å². The summed E-state index contributed by atoms with van der Waals surface area (Å²) >= 11 is 3.59. The molecule has 3 aromatic rings. The molecule has 12 heteroatoms. The average Bonchev–Trinajstić information content (AvgIpc) is 3.66. The van der Waals surface area contributed by atoms with Gasteiger partial charge in [-0.05, 0) is 54.6 Å². The molecule has 0 radical (unpaired) electrons. The number of cyclic esters (lactones) is 1. The molecule has 0 aromatic heterocycles. The molecule has 6 rings (SSSR count). The van der Waals surface area contributed by atoms with Gasteiger partial charge in [0.15, 0.2) is 13.9 Å². The Hall–Kier alpha value is -3.55. The van der Waals surface area contributed by atoms with Gasteiger partial charge >= 0.3 is 6.09 Å². The number of halogens is 1. The van der Waals surface area contributed by atoms with E-state index in [9.17, 15) is 24.3 Å². The molecule has 3 heterocycles. The van der Waals surface area contributed by atoms with E-state index >= 15 is 0 Å². The van der Waals surface area contributed by atoms with Gasteiger partial charge in [0, 0.05) is 40.3 Å². The molecule has 3 aromatic carbocycles. The van der Waals surface area contributed by atoms with Crippen LogP contribution in [0.15, 0.2) is 77.3 Å². The van der Waals surface area contributed by atoms with Crippen LogP contribution in [0.3, 0.4) is 0 Å². The number of anilines is 2. The minimum atomic E-state index is -2.99. The van der Waals surface area contributed by atoms with E-state index in [0.29, 0.717) is 30.9 Å². The van der Waals surface area contributed by atoms with Gasteiger partial charge in [0.2, 0.25) is 5.91 Å². The average molecular weight is 723 g/mol. The summed E-state index contributed by atoms with van der Waals surface area (Å²) in [6, 6.07) is 22.8.